The van der Waals surface area contributed by atoms with Gasteiger partial charge in [0.1, 0.15) is 11.4 Å². The first-order chi connectivity index (χ1) is 14.0. The number of carbonyl (C=O) groups excluding carboxylic acids is 2. The van der Waals surface area contributed by atoms with E-state index < -0.39 is 16.8 Å². The lowest BCUT2D eigenvalue weighted by Crippen LogP contribution is -2.58. The monoisotopic (exact) mass is 417 g/mol. The molecule has 1 fully saturated rings. The minimum Gasteiger partial charge on any atom is -0.469 e. The predicted molar refractivity (Wildman–Crippen MR) is 113 cm³/mol. The fourth-order valence-electron chi connectivity index (χ4n) is 4.85. The van der Waals surface area contributed by atoms with E-state index in [-0.39, 0.29) is 17.8 Å². The number of esters is 1. The molecule has 2 N–H and O–H groups in total. The summed E-state index contributed by atoms with van der Waals surface area (Å²) < 4.78 is 19.7. The maximum Gasteiger partial charge on any atom is 0.305 e. The fraction of sp³-hybridized carbons (Fsp3) is 0.609. The summed E-state index contributed by atoms with van der Waals surface area (Å²) in [4.78, 5) is 30.3. The number of carbonyl (C=O) groups is 2. The molecule has 0 radical (unpaired) electrons. The molecule has 2 unspecified atom stereocenters. The van der Waals surface area contributed by atoms with Crippen LogP contribution in [0, 0.1) is 23.1 Å². The van der Waals surface area contributed by atoms with E-state index in [1.165, 1.54) is 18.1 Å². The molecular formula is C23H32FN3O3. The van der Waals surface area contributed by atoms with Crippen LogP contribution < -0.4 is 5.73 Å². The van der Waals surface area contributed by atoms with Crippen molar-refractivity contribution in [3.63, 3.8) is 0 Å². The van der Waals surface area contributed by atoms with Crippen molar-refractivity contribution < 1.29 is 18.7 Å². The molecule has 3 atom stereocenters. The third kappa shape index (κ3) is 3.82. The summed E-state index contributed by atoms with van der Waals surface area (Å²) in [6.07, 6.45) is 4.25. The van der Waals surface area contributed by atoms with Gasteiger partial charge < -0.3 is 10.5 Å². The van der Waals surface area contributed by atoms with Crippen molar-refractivity contribution in [1.82, 2.24) is 4.90 Å². The van der Waals surface area contributed by atoms with Gasteiger partial charge in [0.15, 0.2) is 5.96 Å². The average Bonchev–Trinajstić information content (AvgIpc) is 3.13. The number of nitrogens with two attached hydrogens (primary N) is 1. The molecule has 1 aromatic rings. The fourth-order valence-corrected chi connectivity index (χ4v) is 4.85. The zero-order chi connectivity index (χ0) is 22.3. The van der Waals surface area contributed by atoms with Crippen molar-refractivity contribution in [1.29, 1.82) is 0 Å². The minimum atomic E-state index is -1.11. The Morgan fingerprint density at radius 2 is 1.97 bits per heavy atom. The van der Waals surface area contributed by atoms with Gasteiger partial charge in [0.25, 0.3) is 0 Å². The van der Waals surface area contributed by atoms with Gasteiger partial charge in [-0.3, -0.25) is 14.5 Å². The first kappa shape index (κ1) is 22.2. The number of aliphatic imine (C=N–C) groups is 1. The zero-order valence-electron chi connectivity index (χ0n) is 18.5. The molecule has 1 aromatic carbocycles. The van der Waals surface area contributed by atoms with E-state index >= 15 is 0 Å². The SMILES string of the molecule is COC(=O)CC1CCC(Cc2ccc(F)c([C@@]3(C)N=C(N)N(C)C(=O)C3(C)C)c2)C1. The molecule has 1 heterocycles. The van der Waals surface area contributed by atoms with Crippen LogP contribution in [-0.4, -0.2) is 36.9 Å². The van der Waals surface area contributed by atoms with Crippen molar-refractivity contribution in [2.45, 2.75) is 58.4 Å². The van der Waals surface area contributed by atoms with Crippen LogP contribution in [0.15, 0.2) is 23.2 Å². The highest BCUT2D eigenvalue weighted by Crippen LogP contribution is 2.47. The molecule has 7 heteroatoms. The van der Waals surface area contributed by atoms with E-state index in [0.717, 1.165) is 31.2 Å². The van der Waals surface area contributed by atoms with Gasteiger partial charge in [0.05, 0.1) is 12.5 Å². The number of benzene rings is 1. The maximum absolute atomic E-state index is 15.0. The normalized spacial score (nSPS) is 28.4. The van der Waals surface area contributed by atoms with E-state index in [1.54, 1.807) is 33.9 Å². The second kappa shape index (κ2) is 8.00. The number of hydrogen-bond acceptors (Lipinski definition) is 5. The van der Waals surface area contributed by atoms with Crippen molar-refractivity contribution in [2.24, 2.45) is 28.0 Å². The van der Waals surface area contributed by atoms with Gasteiger partial charge >= 0.3 is 5.97 Å². The third-order valence-electron chi connectivity index (χ3n) is 7.15. The summed E-state index contributed by atoms with van der Waals surface area (Å²) in [6, 6.07) is 5.09. The molecule has 1 amide bonds. The number of nitrogens with zero attached hydrogens (tertiary/aromatic N) is 2. The van der Waals surface area contributed by atoms with Gasteiger partial charge in [0, 0.05) is 19.0 Å². The molecule has 0 bridgehead atoms. The Labute approximate surface area is 177 Å². The van der Waals surface area contributed by atoms with Crippen LogP contribution in [0.4, 0.5) is 4.39 Å². The predicted octanol–water partition coefficient (Wildman–Crippen LogP) is 3.38. The number of halogens is 1. The summed E-state index contributed by atoms with van der Waals surface area (Å²) in [5.41, 5.74) is 5.32. The lowest BCUT2D eigenvalue weighted by atomic mass is 9.67. The largest absolute Gasteiger partial charge is 0.469 e. The Morgan fingerprint density at radius 3 is 2.63 bits per heavy atom. The molecule has 6 nitrogen and oxygen atoms in total. The van der Waals surface area contributed by atoms with Crippen LogP contribution >= 0.6 is 0 Å². The highest BCUT2D eigenvalue weighted by atomic mass is 19.1. The van der Waals surface area contributed by atoms with E-state index in [4.69, 9.17) is 10.5 Å². The molecule has 30 heavy (non-hydrogen) atoms. The van der Waals surface area contributed by atoms with Gasteiger partial charge in [-0.2, -0.15) is 0 Å². The molecular weight excluding hydrogens is 385 g/mol. The van der Waals surface area contributed by atoms with Crippen molar-refractivity contribution >= 4 is 17.8 Å². The molecule has 0 saturated heterocycles. The molecule has 1 aliphatic carbocycles. The van der Waals surface area contributed by atoms with Gasteiger partial charge in [-0.15, -0.1) is 0 Å². The van der Waals surface area contributed by atoms with Gasteiger partial charge in [-0.25, -0.2) is 9.38 Å². The lowest BCUT2D eigenvalue weighted by molar-refractivity contribution is -0.142. The van der Waals surface area contributed by atoms with Crippen LogP contribution in [0.1, 0.15) is 57.6 Å². The summed E-state index contributed by atoms with van der Waals surface area (Å²) in [5, 5.41) is 0. The topological polar surface area (TPSA) is 85.0 Å². The molecule has 2 aliphatic rings. The molecule has 1 saturated carbocycles. The van der Waals surface area contributed by atoms with E-state index in [9.17, 15) is 14.0 Å². The van der Waals surface area contributed by atoms with Crippen LogP contribution in [0.2, 0.25) is 0 Å². The van der Waals surface area contributed by atoms with E-state index in [2.05, 4.69) is 4.99 Å². The number of rotatable bonds is 5. The zero-order valence-corrected chi connectivity index (χ0v) is 18.5. The lowest BCUT2D eigenvalue weighted by Gasteiger charge is -2.46. The smallest absolute Gasteiger partial charge is 0.305 e. The number of methoxy groups -OCH3 is 1. The maximum atomic E-state index is 15.0. The third-order valence-corrected chi connectivity index (χ3v) is 7.15. The summed E-state index contributed by atoms with van der Waals surface area (Å²) in [6.45, 7) is 5.33. The quantitative estimate of drug-likeness (QED) is 0.745. The van der Waals surface area contributed by atoms with Gasteiger partial charge in [-0.05, 0) is 69.9 Å². The van der Waals surface area contributed by atoms with Crippen molar-refractivity contribution in [3.05, 3.63) is 35.1 Å². The highest BCUT2D eigenvalue weighted by molar-refractivity contribution is 6.01. The standard InChI is InChI=1S/C23H32FN3O3/c1-22(2)20(29)27(4)21(25)26-23(22,3)17-12-15(8-9-18(17)24)10-14-6-7-16(11-14)13-19(28)30-5/h8-9,12,14,16H,6-7,10-11,13H2,1-5H3,(H2,25,26)/t14?,16?,23-/m1/s1. The number of amides is 1. The van der Waals surface area contributed by atoms with Crippen molar-refractivity contribution in [2.75, 3.05) is 14.2 Å². The molecule has 0 aromatic heterocycles. The van der Waals surface area contributed by atoms with Gasteiger partial charge in [-0.1, -0.05) is 12.1 Å². The molecule has 1 aliphatic heterocycles. The summed E-state index contributed by atoms with van der Waals surface area (Å²) in [7, 11) is 3.00. The highest BCUT2D eigenvalue weighted by Gasteiger charge is 2.53. The number of hydrogen-bond donors (Lipinski definition) is 1. The van der Waals surface area contributed by atoms with Crippen LogP contribution in [0.25, 0.3) is 0 Å². The Morgan fingerprint density at radius 1 is 1.30 bits per heavy atom. The number of guanidine groups is 1. The van der Waals surface area contributed by atoms with Crippen LogP contribution in [0.3, 0.4) is 0 Å². The number of ether oxygens (including phenoxy) is 1. The van der Waals surface area contributed by atoms with Gasteiger partial charge in [0.2, 0.25) is 5.91 Å². The van der Waals surface area contributed by atoms with E-state index in [0.29, 0.717) is 23.8 Å². The van der Waals surface area contributed by atoms with Crippen LogP contribution in [-0.2, 0) is 26.3 Å². The Hall–Kier alpha value is -2.44. The Balaban J connectivity index is 1.86. The van der Waals surface area contributed by atoms with Crippen LogP contribution in [0.5, 0.6) is 0 Å². The summed E-state index contributed by atoms with van der Waals surface area (Å²) >= 11 is 0. The summed E-state index contributed by atoms with van der Waals surface area (Å²) in [5.74, 6) is 0.124. The molecule has 164 valence electrons. The Bertz CT molecular complexity index is 882. The first-order valence-corrected chi connectivity index (χ1v) is 10.5. The molecule has 0 spiro atoms. The minimum absolute atomic E-state index is 0.0908. The van der Waals surface area contributed by atoms with Crippen molar-refractivity contribution in [3.8, 4) is 0 Å². The first-order valence-electron chi connectivity index (χ1n) is 10.5. The second-order valence-corrected chi connectivity index (χ2v) is 9.38. The molecule has 3 rings (SSSR count). The second-order valence-electron chi connectivity index (χ2n) is 9.38. The Kier molecular flexibility index (Phi) is 5.94. The average molecular weight is 418 g/mol. The van der Waals surface area contributed by atoms with E-state index in [1.807, 2.05) is 6.07 Å².